The van der Waals surface area contributed by atoms with E-state index < -0.39 is 0 Å². The first kappa shape index (κ1) is 18.6. The van der Waals surface area contributed by atoms with Crippen LogP contribution in [0.5, 0.6) is 5.75 Å². The molecule has 0 saturated carbocycles. The second-order valence-corrected chi connectivity index (χ2v) is 7.59. The van der Waals surface area contributed by atoms with Crippen molar-refractivity contribution in [2.24, 2.45) is 11.3 Å². The highest BCUT2D eigenvalue weighted by Crippen LogP contribution is 2.29. The molecular formula is C18H25ClN2O3. The standard InChI is InChI=1S/C18H25ClN2O3/c1-18(2,3)17(23)21-9-7-12(8-10-21)16(22)20-14-11-13(19)5-6-15(14)24-4/h5-6,11-12H,7-10H2,1-4H3,(H,20,22). The fourth-order valence-corrected chi connectivity index (χ4v) is 3.00. The number of ether oxygens (including phenoxy) is 1. The molecule has 0 atom stereocenters. The Morgan fingerprint density at radius 3 is 2.42 bits per heavy atom. The van der Waals surface area contributed by atoms with Gasteiger partial charge in [-0.2, -0.15) is 0 Å². The summed E-state index contributed by atoms with van der Waals surface area (Å²) < 4.78 is 5.25. The zero-order chi connectivity index (χ0) is 17.9. The minimum atomic E-state index is -0.386. The summed E-state index contributed by atoms with van der Waals surface area (Å²) in [6, 6.07) is 5.12. The maximum absolute atomic E-state index is 12.5. The average Bonchev–Trinajstić information content (AvgIpc) is 2.53. The number of piperidine rings is 1. The van der Waals surface area contributed by atoms with Crippen LogP contribution in [-0.4, -0.2) is 36.9 Å². The molecule has 5 nitrogen and oxygen atoms in total. The summed E-state index contributed by atoms with van der Waals surface area (Å²) in [7, 11) is 1.55. The molecule has 2 rings (SSSR count). The van der Waals surface area contributed by atoms with Gasteiger partial charge in [0.1, 0.15) is 5.75 Å². The smallest absolute Gasteiger partial charge is 0.227 e. The van der Waals surface area contributed by atoms with E-state index in [1.165, 1.54) is 0 Å². The van der Waals surface area contributed by atoms with Gasteiger partial charge in [-0.05, 0) is 31.0 Å². The minimum absolute atomic E-state index is 0.0570. The number of methoxy groups -OCH3 is 1. The lowest BCUT2D eigenvalue weighted by Crippen LogP contribution is -2.45. The van der Waals surface area contributed by atoms with E-state index in [1.54, 1.807) is 25.3 Å². The Kier molecular flexibility index (Phi) is 5.75. The lowest BCUT2D eigenvalue weighted by atomic mass is 9.90. The number of carbonyl (C=O) groups excluding carboxylic acids is 2. The van der Waals surface area contributed by atoms with Crippen LogP contribution in [0.2, 0.25) is 5.02 Å². The summed E-state index contributed by atoms with van der Waals surface area (Å²) in [6.07, 6.45) is 1.33. The predicted octanol–water partition coefficient (Wildman–Crippen LogP) is 3.57. The molecule has 1 aliphatic heterocycles. The summed E-state index contributed by atoms with van der Waals surface area (Å²) in [5.74, 6) is 0.544. The lowest BCUT2D eigenvalue weighted by Gasteiger charge is -2.35. The van der Waals surface area contributed by atoms with Gasteiger partial charge in [-0.15, -0.1) is 0 Å². The molecule has 0 spiro atoms. The lowest BCUT2D eigenvalue weighted by molar-refractivity contribution is -0.142. The Morgan fingerprint density at radius 2 is 1.88 bits per heavy atom. The zero-order valence-corrected chi connectivity index (χ0v) is 15.4. The number of benzene rings is 1. The third kappa shape index (κ3) is 4.41. The van der Waals surface area contributed by atoms with Crippen LogP contribution >= 0.6 is 11.6 Å². The molecule has 2 amide bonds. The van der Waals surface area contributed by atoms with Gasteiger partial charge in [-0.3, -0.25) is 9.59 Å². The molecule has 0 aromatic heterocycles. The average molecular weight is 353 g/mol. The van der Waals surface area contributed by atoms with E-state index in [2.05, 4.69) is 5.32 Å². The van der Waals surface area contributed by atoms with E-state index in [0.29, 0.717) is 42.4 Å². The van der Waals surface area contributed by atoms with Gasteiger partial charge in [0.2, 0.25) is 11.8 Å². The van der Waals surface area contributed by atoms with E-state index in [0.717, 1.165) is 0 Å². The topological polar surface area (TPSA) is 58.6 Å². The van der Waals surface area contributed by atoms with E-state index in [-0.39, 0.29) is 23.1 Å². The molecule has 0 aliphatic carbocycles. The van der Waals surface area contributed by atoms with Crippen molar-refractivity contribution in [3.63, 3.8) is 0 Å². The molecule has 1 saturated heterocycles. The van der Waals surface area contributed by atoms with Gasteiger partial charge in [0, 0.05) is 29.4 Å². The van der Waals surface area contributed by atoms with Crippen molar-refractivity contribution in [2.45, 2.75) is 33.6 Å². The molecule has 0 bridgehead atoms. The van der Waals surface area contributed by atoms with Crippen LogP contribution in [0, 0.1) is 11.3 Å². The number of hydrogen-bond donors (Lipinski definition) is 1. The Hall–Kier alpha value is -1.75. The summed E-state index contributed by atoms with van der Waals surface area (Å²) in [6.45, 7) is 6.97. The summed E-state index contributed by atoms with van der Waals surface area (Å²) in [4.78, 5) is 26.7. The fourth-order valence-electron chi connectivity index (χ4n) is 2.83. The van der Waals surface area contributed by atoms with Gasteiger partial charge in [0.05, 0.1) is 12.8 Å². The first-order valence-corrected chi connectivity index (χ1v) is 8.54. The summed E-state index contributed by atoms with van der Waals surface area (Å²) >= 11 is 5.99. The van der Waals surface area contributed by atoms with Crippen molar-refractivity contribution in [3.05, 3.63) is 23.2 Å². The molecular weight excluding hydrogens is 328 g/mol. The van der Waals surface area contributed by atoms with Gasteiger partial charge in [-0.1, -0.05) is 32.4 Å². The number of amides is 2. The third-order valence-electron chi connectivity index (χ3n) is 4.21. The van der Waals surface area contributed by atoms with Crippen molar-refractivity contribution in [3.8, 4) is 5.75 Å². The van der Waals surface area contributed by atoms with Gasteiger partial charge in [0.25, 0.3) is 0 Å². The molecule has 1 N–H and O–H groups in total. The molecule has 1 fully saturated rings. The Morgan fingerprint density at radius 1 is 1.25 bits per heavy atom. The molecule has 1 heterocycles. The molecule has 132 valence electrons. The largest absolute Gasteiger partial charge is 0.495 e. The van der Waals surface area contributed by atoms with Crippen molar-refractivity contribution in [1.82, 2.24) is 4.90 Å². The summed E-state index contributed by atoms with van der Waals surface area (Å²) in [5, 5.41) is 3.43. The minimum Gasteiger partial charge on any atom is -0.495 e. The normalized spacial score (nSPS) is 16.0. The highest BCUT2D eigenvalue weighted by atomic mass is 35.5. The van der Waals surface area contributed by atoms with Gasteiger partial charge >= 0.3 is 0 Å². The highest BCUT2D eigenvalue weighted by molar-refractivity contribution is 6.31. The maximum atomic E-state index is 12.5. The van der Waals surface area contributed by atoms with Crippen LogP contribution in [0.15, 0.2) is 18.2 Å². The maximum Gasteiger partial charge on any atom is 0.227 e. The first-order valence-electron chi connectivity index (χ1n) is 8.16. The SMILES string of the molecule is COc1ccc(Cl)cc1NC(=O)C1CCN(C(=O)C(C)(C)C)CC1. The van der Waals surface area contributed by atoms with Crippen LogP contribution in [0.1, 0.15) is 33.6 Å². The molecule has 0 radical (unpaired) electrons. The van der Waals surface area contributed by atoms with Crippen LogP contribution in [-0.2, 0) is 9.59 Å². The molecule has 1 aromatic rings. The molecule has 1 aliphatic rings. The van der Waals surface area contributed by atoms with E-state index in [1.807, 2.05) is 25.7 Å². The number of carbonyl (C=O) groups is 2. The number of anilines is 1. The number of likely N-dealkylation sites (tertiary alicyclic amines) is 1. The predicted molar refractivity (Wildman–Crippen MR) is 95.4 cm³/mol. The zero-order valence-electron chi connectivity index (χ0n) is 14.7. The van der Waals surface area contributed by atoms with Crippen LogP contribution in [0.3, 0.4) is 0 Å². The second-order valence-electron chi connectivity index (χ2n) is 7.15. The molecule has 24 heavy (non-hydrogen) atoms. The van der Waals surface area contributed by atoms with Crippen molar-refractivity contribution >= 4 is 29.1 Å². The molecule has 1 aromatic carbocycles. The van der Waals surface area contributed by atoms with Gasteiger partial charge in [-0.25, -0.2) is 0 Å². The Labute approximate surface area is 148 Å². The fraction of sp³-hybridized carbons (Fsp3) is 0.556. The van der Waals surface area contributed by atoms with E-state index in [4.69, 9.17) is 16.3 Å². The quantitative estimate of drug-likeness (QED) is 0.904. The number of nitrogens with zero attached hydrogens (tertiary/aromatic N) is 1. The number of halogens is 1. The van der Waals surface area contributed by atoms with Gasteiger partial charge in [0.15, 0.2) is 0 Å². The van der Waals surface area contributed by atoms with Crippen LogP contribution in [0.25, 0.3) is 0 Å². The number of hydrogen-bond acceptors (Lipinski definition) is 3. The second kappa shape index (κ2) is 7.43. The van der Waals surface area contributed by atoms with Crippen molar-refractivity contribution < 1.29 is 14.3 Å². The third-order valence-corrected chi connectivity index (χ3v) is 4.45. The van der Waals surface area contributed by atoms with Gasteiger partial charge < -0.3 is 15.0 Å². The van der Waals surface area contributed by atoms with E-state index >= 15 is 0 Å². The van der Waals surface area contributed by atoms with Crippen molar-refractivity contribution in [1.29, 1.82) is 0 Å². The molecule has 0 unspecified atom stereocenters. The molecule has 6 heteroatoms. The van der Waals surface area contributed by atoms with Crippen LogP contribution < -0.4 is 10.1 Å². The first-order chi connectivity index (χ1) is 11.2. The monoisotopic (exact) mass is 352 g/mol. The van der Waals surface area contributed by atoms with Crippen molar-refractivity contribution in [2.75, 3.05) is 25.5 Å². The number of rotatable bonds is 3. The Bertz CT molecular complexity index is 617. The summed E-state index contributed by atoms with van der Waals surface area (Å²) in [5.41, 5.74) is 0.187. The Balaban J connectivity index is 1.96. The van der Waals surface area contributed by atoms with E-state index in [9.17, 15) is 9.59 Å². The number of nitrogens with one attached hydrogen (secondary N) is 1. The van der Waals surface area contributed by atoms with Crippen LogP contribution in [0.4, 0.5) is 5.69 Å². The highest BCUT2D eigenvalue weighted by Gasteiger charge is 2.32.